The van der Waals surface area contributed by atoms with Gasteiger partial charge in [-0.2, -0.15) is 0 Å². The van der Waals surface area contributed by atoms with Gasteiger partial charge in [0.05, 0.1) is 24.5 Å². The zero-order chi connectivity index (χ0) is 18.4. The minimum absolute atomic E-state index is 0.0769. The third kappa shape index (κ3) is 2.74. The maximum Gasteiger partial charge on any atom is 0.245 e. The van der Waals surface area contributed by atoms with Crippen molar-refractivity contribution in [3.63, 3.8) is 0 Å². The molecule has 1 amide bonds. The predicted molar refractivity (Wildman–Crippen MR) is 104 cm³/mol. The maximum absolute atomic E-state index is 13.3. The molecule has 2 aromatic carbocycles. The Morgan fingerprint density at radius 3 is 2.33 bits per heavy atom. The summed E-state index contributed by atoms with van der Waals surface area (Å²) in [4.78, 5) is 30.2. The van der Waals surface area contributed by atoms with Crippen LogP contribution in [0.4, 0.5) is 11.4 Å². The maximum atomic E-state index is 13.3. The number of anilines is 2. The van der Waals surface area contributed by atoms with Crippen molar-refractivity contribution >= 4 is 34.4 Å². The van der Waals surface area contributed by atoms with E-state index in [0.29, 0.717) is 18.0 Å². The SMILES string of the molecule is O=C1CN(CC(=O)N2c3ccccc3Oc3ccccc32)Cc2sccc21. The first-order valence-corrected chi connectivity index (χ1v) is 9.59. The number of para-hydroxylation sites is 4. The van der Waals surface area contributed by atoms with Crippen LogP contribution >= 0.6 is 11.3 Å². The lowest BCUT2D eigenvalue weighted by atomic mass is 10.1. The Morgan fingerprint density at radius 1 is 0.963 bits per heavy atom. The summed E-state index contributed by atoms with van der Waals surface area (Å²) >= 11 is 1.57. The quantitative estimate of drug-likeness (QED) is 0.672. The first-order valence-electron chi connectivity index (χ1n) is 8.71. The monoisotopic (exact) mass is 376 g/mol. The van der Waals surface area contributed by atoms with E-state index < -0.39 is 0 Å². The summed E-state index contributed by atoms with van der Waals surface area (Å²) < 4.78 is 5.94. The number of amides is 1. The summed E-state index contributed by atoms with van der Waals surface area (Å²) in [6.45, 7) is 1.06. The fourth-order valence-electron chi connectivity index (χ4n) is 3.61. The van der Waals surface area contributed by atoms with Crippen molar-refractivity contribution in [1.29, 1.82) is 0 Å². The number of carbonyl (C=O) groups is 2. The van der Waals surface area contributed by atoms with E-state index in [9.17, 15) is 9.59 Å². The highest BCUT2D eigenvalue weighted by Crippen LogP contribution is 2.46. The van der Waals surface area contributed by atoms with Crippen LogP contribution in [-0.2, 0) is 11.3 Å². The standard InChI is InChI=1S/C21H16N2O3S/c24-17-11-22(12-20-14(17)9-10-27-20)13-21(25)23-15-5-1-3-7-18(15)26-19-8-4-2-6-16(19)23/h1-10H,11-13H2. The third-order valence-electron chi connectivity index (χ3n) is 4.82. The molecule has 3 aromatic rings. The lowest BCUT2D eigenvalue weighted by molar-refractivity contribution is -0.119. The zero-order valence-electron chi connectivity index (χ0n) is 14.4. The molecule has 0 bridgehead atoms. The minimum atomic E-state index is -0.0778. The van der Waals surface area contributed by atoms with Gasteiger partial charge in [0.2, 0.25) is 5.91 Å². The average molecular weight is 376 g/mol. The predicted octanol–water partition coefficient (Wildman–Crippen LogP) is 4.22. The Labute approximate surface area is 160 Å². The van der Waals surface area contributed by atoms with Gasteiger partial charge >= 0.3 is 0 Å². The summed E-state index contributed by atoms with van der Waals surface area (Å²) in [5, 5.41) is 1.93. The van der Waals surface area contributed by atoms with Crippen LogP contribution in [0.2, 0.25) is 0 Å². The number of benzene rings is 2. The number of ether oxygens (including phenoxy) is 1. The number of thiophene rings is 1. The molecule has 0 unspecified atom stereocenters. The molecule has 1 aromatic heterocycles. The fraction of sp³-hybridized carbons (Fsp3) is 0.143. The van der Waals surface area contributed by atoms with Crippen LogP contribution in [0.15, 0.2) is 60.0 Å². The Kier molecular flexibility index (Phi) is 3.81. The van der Waals surface area contributed by atoms with E-state index in [-0.39, 0.29) is 24.8 Å². The molecule has 5 rings (SSSR count). The molecule has 0 fully saturated rings. The van der Waals surface area contributed by atoms with Gasteiger partial charge in [0.25, 0.3) is 0 Å². The molecule has 0 spiro atoms. The topological polar surface area (TPSA) is 49.9 Å². The first kappa shape index (κ1) is 16.2. The lowest BCUT2D eigenvalue weighted by Crippen LogP contribution is -2.42. The van der Waals surface area contributed by atoms with Gasteiger partial charge < -0.3 is 4.74 Å². The molecule has 134 valence electrons. The molecular formula is C21H16N2O3S. The van der Waals surface area contributed by atoms with Crippen molar-refractivity contribution < 1.29 is 14.3 Å². The van der Waals surface area contributed by atoms with Gasteiger partial charge in [-0.15, -0.1) is 11.3 Å². The van der Waals surface area contributed by atoms with Crippen LogP contribution < -0.4 is 9.64 Å². The molecule has 5 nitrogen and oxygen atoms in total. The summed E-state index contributed by atoms with van der Waals surface area (Å²) in [7, 11) is 0. The van der Waals surface area contributed by atoms with Gasteiger partial charge in [-0.25, -0.2) is 0 Å². The molecular weight excluding hydrogens is 360 g/mol. The Balaban J connectivity index is 1.46. The van der Waals surface area contributed by atoms with Gasteiger partial charge in [-0.05, 0) is 35.7 Å². The Bertz CT molecular complexity index is 1010. The summed E-state index contributed by atoms with van der Waals surface area (Å²) in [6.07, 6.45) is 0. The van der Waals surface area contributed by atoms with Crippen molar-refractivity contribution in [2.24, 2.45) is 0 Å². The van der Waals surface area contributed by atoms with Gasteiger partial charge in [0.1, 0.15) is 0 Å². The second-order valence-corrected chi connectivity index (χ2v) is 7.59. The van der Waals surface area contributed by atoms with E-state index >= 15 is 0 Å². The summed E-state index contributed by atoms with van der Waals surface area (Å²) in [5.41, 5.74) is 2.24. The second-order valence-electron chi connectivity index (χ2n) is 6.59. The zero-order valence-corrected chi connectivity index (χ0v) is 15.2. The highest BCUT2D eigenvalue weighted by atomic mass is 32.1. The molecule has 0 radical (unpaired) electrons. The highest BCUT2D eigenvalue weighted by molar-refractivity contribution is 7.10. The number of Topliss-reactive ketones (excluding diaryl/α,β-unsaturated/α-hetero) is 1. The van der Waals surface area contributed by atoms with Crippen LogP contribution in [-0.4, -0.2) is 29.7 Å². The normalized spacial score (nSPS) is 15.6. The van der Waals surface area contributed by atoms with Crippen LogP contribution in [0.3, 0.4) is 0 Å². The molecule has 2 aliphatic heterocycles. The van der Waals surface area contributed by atoms with E-state index in [2.05, 4.69) is 0 Å². The Morgan fingerprint density at radius 2 is 1.63 bits per heavy atom. The molecule has 0 aliphatic carbocycles. The molecule has 0 N–H and O–H groups in total. The number of hydrogen-bond donors (Lipinski definition) is 0. The van der Waals surface area contributed by atoms with Crippen LogP contribution in [0.1, 0.15) is 15.2 Å². The first-order chi connectivity index (χ1) is 13.2. The number of hydrogen-bond acceptors (Lipinski definition) is 5. The van der Waals surface area contributed by atoms with Crippen molar-refractivity contribution in [3.05, 3.63) is 70.4 Å². The fourth-order valence-corrected chi connectivity index (χ4v) is 4.54. The molecule has 6 heteroatoms. The van der Waals surface area contributed by atoms with E-state index in [1.807, 2.05) is 64.9 Å². The number of rotatable bonds is 2. The van der Waals surface area contributed by atoms with E-state index in [0.717, 1.165) is 21.8 Å². The summed E-state index contributed by atoms with van der Waals surface area (Å²) in [6, 6.07) is 16.9. The minimum Gasteiger partial charge on any atom is -0.453 e. The second kappa shape index (κ2) is 6.33. The third-order valence-corrected chi connectivity index (χ3v) is 5.73. The van der Waals surface area contributed by atoms with Gasteiger partial charge in [0.15, 0.2) is 17.3 Å². The lowest BCUT2D eigenvalue weighted by Gasteiger charge is -2.33. The van der Waals surface area contributed by atoms with E-state index in [1.54, 1.807) is 16.2 Å². The molecule has 0 atom stereocenters. The largest absolute Gasteiger partial charge is 0.453 e. The smallest absolute Gasteiger partial charge is 0.245 e. The number of fused-ring (bicyclic) bond motifs is 3. The van der Waals surface area contributed by atoms with Gasteiger partial charge in [-0.1, -0.05) is 24.3 Å². The summed E-state index contributed by atoms with van der Waals surface area (Å²) in [5.74, 6) is 1.30. The Hall–Kier alpha value is -2.96. The van der Waals surface area contributed by atoms with Crippen molar-refractivity contribution in [3.8, 4) is 11.5 Å². The molecule has 27 heavy (non-hydrogen) atoms. The van der Waals surface area contributed by atoms with E-state index in [4.69, 9.17) is 4.74 Å². The average Bonchev–Trinajstić information content (AvgIpc) is 3.15. The van der Waals surface area contributed by atoms with Crippen LogP contribution in [0.5, 0.6) is 11.5 Å². The number of ketones is 1. The highest BCUT2D eigenvalue weighted by Gasteiger charge is 2.32. The van der Waals surface area contributed by atoms with Gasteiger partial charge in [0, 0.05) is 17.0 Å². The molecule has 0 saturated heterocycles. The molecule has 3 heterocycles. The number of nitrogens with zero attached hydrogens (tertiary/aromatic N) is 2. The van der Waals surface area contributed by atoms with Crippen LogP contribution in [0.25, 0.3) is 0 Å². The van der Waals surface area contributed by atoms with Crippen molar-refractivity contribution in [2.45, 2.75) is 6.54 Å². The van der Waals surface area contributed by atoms with Crippen LogP contribution in [0, 0.1) is 0 Å². The van der Waals surface area contributed by atoms with Crippen molar-refractivity contribution in [1.82, 2.24) is 4.90 Å². The molecule has 0 saturated carbocycles. The van der Waals surface area contributed by atoms with Crippen molar-refractivity contribution in [2.75, 3.05) is 18.0 Å². The number of carbonyl (C=O) groups excluding carboxylic acids is 2. The van der Waals surface area contributed by atoms with Gasteiger partial charge in [-0.3, -0.25) is 19.4 Å². The van der Waals surface area contributed by atoms with E-state index in [1.165, 1.54) is 0 Å². The molecule has 2 aliphatic rings.